The van der Waals surface area contributed by atoms with E-state index in [4.69, 9.17) is 5.73 Å². The number of urea groups is 1. The standard InChI is InChI=1S/C17H17N3O3S/c18-17(23)20-15(22)14-11-7-4-8-12(11)24-16(14)19-13(21)9-10-5-2-1-3-6-10/h1-3,5-6H,4,7-9H2,(H,19,21)(H3,18,20,22,23). The number of hydrogen-bond donors (Lipinski definition) is 3. The minimum Gasteiger partial charge on any atom is -0.351 e. The lowest BCUT2D eigenvalue weighted by atomic mass is 10.1. The lowest BCUT2D eigenvalue weighted by Crippen LogP contribution is -2.35. The van der Waals surface area contributed by atoms with Gasteiger partial charge in [0.25, 0.3) is 5.91 Å². The second-order valence-electron chi connectivity index (χ2n) is 5.59. The van der Waals surface area contributed by atoms with Gasteiger partial charge in [-0.3, -0.25) is 14.9 Å². The van der Waals surface area contributed by atoms with Gasteiger partial charge in [0.15, 0.2) is 0 Å². The van der Waals surface area contributed by atoms with Gasteiger partial charge in [-0.25, -0.2) is 4.79 Å². The molecule has 124 valence electrons. The largest absolute Gasteiger partial charge is 0.351 e. The van der Waals surface area contributed by atoms with E-state index in [0.29, 0.717) is 10.6 Å². The van der Waals surface area contributed by atoms with Crippen LogP contribution in [0.5, 0.6) is 0 Å². The third-order valence-corrected chi connectivity index (χ3v) is 5.05. The highest BCUT2D eigenvalue weighted by Crippen LogP contribution is 2.39. The van der Waals surface area contributed by atoms with Crippen molar-refractivity contribution in [1.29, 1.82) is 0 Å². The van der Waals surface area contributed by atoms with E-state index in [-0.39, 0.29) is 12.3 Å². The van der Waals surface area contributed by atoms with Gasteiger partial charge in [0.05, 0.1) is 12.0 Å². The minimum absolute atomic E-state index is 0.200. The van der Waals surface area contributed by atoms with Crippen LogP contribution >= 0.6 is 11.3 Å². The van der Waals surface area contributed by atoms with Gasteiger partial charge in [-0.15, -0.1) is 11.3 Å². The molecule has 4 amide bonds. The highest BCUT2D eigenvalue weighted by Gasteiger charge is 2.27. The van der Waals surface area contributed by atoms with Gasteiger partial charge in [0.1, 0.15) is 5.00 Å². The molecule has 3 rings (SSSR count). The van der Waals surface area contributed by atoms with E-state index in [2.05, 4.69) is 10.6 Å². The summed E-state index contributed by atoms with van der Waals surface area (Å²) in [6.45, 7) is 0. The molecule has 1 aliphatic carbocycles. The topological polar surface area (TPSA) is 101 Å². The molecular weight excluding hydrogens is 326 g/mol. The summed E-state index contributed by atoms with van der Waals surface area (Å²) in [5, 5.41) is 5.39. The van der Waals surface area contributed by atoms with Gasteiger partial charge in [-0.1, -0.05) is 30.3 Å². The summed E-state index contributed by atoms with van der Waals surface area (Å²) in [5.74, 6) is -0.758. The van der Waals surface area contributed by atoms with Crippen molar-refractivity contribution in [2.24, 2.45) is 5.73 Å². The Balaban J connectivity index is 1.81. The van der Waals surface area contributed by atoms with Gasteiger partial charge in [-0.05, 0) is 30.4 Å². The molecule has 4 N–H and O–H groups in total. The van der Waals surface area contributed by atoms with E-state index in [9.17, 15) is 14.4 Å². The fourth-order valence-electron chi connectivity index (χ4n) is 2.86. The maximum absolute atomic E-state index is 12.3. The Morgan fingerprint density at radius 3 is 2.58 bits per heavy atom. The Morgan fingerprint density at radius 1 is 1.12 bits per heavy atom. The van der Waals surface area contributed by atoms with Gasteiger partial charge in [0, 0.05) is 4.88 Å². The van der Waals surface area contributed by atoms with Crippen LogP contribution in [0, 0.1) is 0 Å². The van der Waals surface area contributed by atoms with E-state index >= 15 is 0 Å². The summed E-state index contributed by atoms with van der Waals surface area (Å²) < 4.78 is 0. The third kappa shape index (κ3) is 3.46. The molecule has 0 fully saturated rings. The van der Waals surface area contributed by atoms with E-state index < -0.39 is 11.9 Å². The normalized spacial score (nSPS) is 12.5. The number of hydrogen-bond acceptors (Lipinski definition) is 4. The summed E-state index contributed by atoms with van der Waals surface area (Å²) >= 11 is 1.40. The predicted octanol–water partition coefficient (Wildman–Crippen LogP) is 2.23. The van der Waals surface area contributed by atoms with Crippen LogP contribution in [0.15, 0.2) is 30.3 Å². The van der Waals surface area contributed by atoms with E-state index in [1.165, 1.54) is 11.3 Å². The van der Waals surface area contributed by atoms with Crippen molar-refractivity contribution in [2.75, 3.05) is 5.32 Å². The Labute approximate surface area is 143 Å². The molecule has 1 aromatic heterocycles. The Kier molecular flexibility index (Phi) is 4.61. The van der Waals surface area contributed by atoms with Crippen LogP contribution in [0.25, 0.3) is 0 Å². The molecule has 0 unspecified atom stereocenters. The van der Waals surface area contributed by atoms with E-state index in [1.54, 1.807) is 0 Å². The first-order chi connectivity index (χ1) is 11.5. The maximum atomic E-state index is 12.3. The molecular formula is C17H17N3O3S. The number of fused-ring (bicyclic) bond motifs is 1. The van der Waals surface area contributed by atoms with Crippen LogP contribution in [0.3, 0.4) is 0 Å². The quantitative estimate of drug-likeness (QED) is 0.793. The lowest BCUT2D eigenvalue weighted by molar-refractivity contribution is -0.115. The molecule has 6 nitrogen and oxygen atoms in total. The van der Waals surface area contributed by atoms with Crippen molar-refractivity contribution in [3.05, 3.63) is 51.9 Å². The summed E-state index contributed by atoms with van der Waals surface area (Å²) in [5.41, 5.74) is 7.21. The van der Waals surface area contributed by atoms with Gasteiger partial charge < -0.3 is 11.1 Å². The highest BCUT2D eigenvalue weighted by molar-refractivity contribution is 7.17. The number of rotatable bonds is 4. The number of aryl methyl sites for hydroxylation is 1. The van der Waals surface area contributed by atoms with Crippen LogP contribution in [0.4, 0.5) is 9.80 Å². The SMILES string of the molecule is NC(=O)NC(=O)c1c(NC(=O)Cc2ccccc2)sc2c1CCC2. The number of thiophene rings is 1. The number of carbonyl (C=O) groups excluding carboxylic acids is 3. The zero-order valence-corrected chi connectivity index (χ0v) is 13.7. The molecule has 0 atom stereocenters. The van der Waals surface area contributed by atoms with Crippen LogP contribution in [-0.4, -0.2) is 17.8 Å². The van der Waals surface area contributed by atoms with Gasteiger partial charge >= 0.3 is 6.03 Å². The zero-order valence-electron chi connectivity index (χ0n) is 12.9. The Morgan fingerprint density at radius 2 is 1.88 bits per heavy atom. The van der Waals surface area contributed by atoms with Crippen molar-refractivity contribution >= 4 is 34.2 Å². The number of benzene rings is 1. The molecule has 0 radical (unpaired) electrons. The van der Waals surface area contributed by atoms with Crippen molar-refractivity contribution in [3.8, 4) is 0 Å². The highest BCUT2D eigenvalue weighted by atomic mass is 32.1. The molecule has 0 aliphatic heterocycles. The van der Waals surface area contributed by atoms with Crippen LogP contribution in [0.2, 0.25) is 0 Å². The first kappa shape index (κ1) is 16.2. The van der Waals surface area contributed by atoms with Gasteiger partial charge in [-0.2, -0.15) is 0 Å². The number of nitrogens with one attached hydrogen (secondary N) is 2. The summed E-state index contributed by atoms with van der Waals surface area (Å²) in [6.07, 6.45) is 2.84. The first-order valence-corrected chi connectivity index (χ1v) is 8.45. The average Bonchev–Trinajstić information content (AvgIpc) is 3.07. The average molecular weight is 343 g/mol. The fraction of sp³-hybridized carbons (Fsp3) is 0.235. The van der Waals surface area contributed by atoms with Crippen molar-refractivity contribution in [2.45, 2.75) is 25.7 Å². The monoisotopic (exact) mass is 343 g/mol. The molecule has 0 saturated heterocycles. The number of primary amides is 1. The third-order valence-electron chi connectivity index (χ3n) is 3.85. The van der Waals surface area contributed by atoms with Gasteiger partial charge in [0.2, 0.25) is 5.91 Å². The molecule has 1 aromatic carbocycles. The van der Waals surface area contributed by atoms with Crippen molar-refractivity contribution in [3.63, 3.8) is 0 Å². The smallest absolute Gasteiger partial charge is 0.319 e. The Bertz CT molecular complexity index is 799. The van der Waals surface area contributed by atoms with Crippen LogP contribution in [0.1, 0.15) is 32.8 Å². The number of carbonyl (C=O) groups is 3. The molecule has 0 saturated carbocycles. The Hall–Kier alpha value is -2.67. The number of imide groups is 1. The molecule has 0 spiro atoms. The van der Waals surface area contributed by atoms with Crippen molar-refractivity contribution < 1.29 is 14.4 Å². The molecule has 7 heteroatoms. The van der Waals surface area contributed by atoms with Crippen LogP contribution < -0.4 is 16.4 Å². The van der Waals surface area contributed by atoms with E-state index in [0.717, 1.165) is 35.3 Å². The molecule has 1 heterocycles. The summed E-state index contributed by atoms with van der Waals surface area (Å²) in [7, 11) is 0. The predicted molar refractivity (Wildman–Crippen MR) is 92.2 cm³/mol. The fourth-order valence-corrected chi connectivity index (χ4v) is 4.16. The summed E-state index contributed by atoms with van der Waals surface area (Å²) in [6, 6.07) is 8.46. The number of anilines is 1. The second kappa shape index (κ2) is 6.84. The molecule has 0 bridgehead atoms. The van der Waals surface area contributed by atoms with E-state index in [1.807, 2.05) is 30.3 Å². The number of nitrogens with two attached hydrogens (primary N) is 1. The van der Waals surface area contributed by atoms with Crippen molar-refractivity contribution in [1.82, 2.24) is 5.32 Å². The molecule has 1 aliphatic rings. The molecule has 2 aromatic rings. The maximum Gasteiger partial charge on any atom is 0.319 e. The van der Waals surface area contributed by atoms with Crippen LogP contribution in [-0.2, 0) is 24.1 Å². The minimum atomic E-state index is -0.903. The lowest BCUT2D eigenvalue weighted by Gasteiger charge is -2.08. The number of amides is 4. The summed E-state index contributed by atoms with van der Waals surface area (Å²) in [4.78, 5) is 36.6. The second-order valence-corrected chi connectivity index (χ2v) is 6.70. The molecule has 24 heavy (non-hydrogen) atoms. The first-order valence-electron chi connectivity index (χ1n) is 7.63. The zero-order chi connectivity index (χ0) is 17.1.